The highest BCUT2D eigenvalue weighted by Gasteiger charge is 2.31. The predicted molar refractivity (Wildman–Crippen MR) is 128 cm³/mol. The number of aromatic nitrogens is 1. The fraction of sp³-hybridized carbons (Fsp3) is 0.222. The number of pyridine rings is 1. The molecule has 1 atom stereocenters. The van der Waals surface area contributed by atoms with Crippen molar-refractivity contribution in [3.63, 3.8) is 0 Å². The molecule has 0 aliphatic heterocycles. The summed E-state index contributed by atoms with van der Waals surface area (Å²) in [6, 6.07) is 22.8. The highest BCUT2D eigenvalue weighted by Crippen LogP contribution is 2.28. The molecular weight excluding hydrogens is 457 g/mol. The molecule has 3 aromatic carbocycles. The minimum absolute atomic E-state index is 0.0992. The third kappa shape index (κ3) is 6.22. The maximum absolute atomic E-state index is 12.8. The van der Waals surface area contributed by atoms with Crippen molar-refractivity contribution in [1.29, 1.82) is 0 Å². The highest BCUT2D eigenvalue weighted by atomic mass is 19.4. The van der Waals surface area contributed by atoms with Crippen LogP contribution in [0.1, 0.15) is 29.7 Å². The summed E-state index contributed by atoms with van der Waals surface area (Å²) in [7, 11) is 1.60. The minimum Gasteiger partial charge on any atom is -0.497 e. The highest BCUT2D eigenvalue weighted by molar-refractivity contribution is 5.78. The Hall–Kier alpha value is -3.78. The third-order valence-electron chi connectivity index (χ3n) is 5.89. The fourth-order valence-electron chi connectivity index (χ4n) is 3.98. The van der Waals surface area contributed by atoms with Gasteiger partial charge in [0.15, 0.2) is 0 Å². The summed E-state index contributed by atoms with van der Waals surface area (Å²) in [5.74, 6) is 0.459. The Morgan fingerprint density at radius 2 is 1.57 bits per heavy atom. The molecule has 1 aromatic heterocycles. The van der Waals surface area contributed by atoms with Gasteiger partial charge in [0, 0.05) is 30.2 Å². The SMILES string of the molecule is COc1ccc([C@H](C)N(Cc2ccc(OC(F)(F)F)cc2)Cc2cc3ccccc3[nH]c2=O)cc1. The number of halogens is 3. The number of alkyl halides is 3. The molecule has 1 heterocycles. The molecule has 4 rings (SSSR count). The summed E-state index contributed by atoms with van der Waals surface area (Å²) in [6.45, 7) is 2.78. The molecule has 0 unspecified atom stereocenters. The number of H-pyrrole nitrogens is 1. The van der Waals surface area contributed by atoms with Crippen LogP contribution in [0.15, 0.2) is 83.7 Å². The molecule has 0 spiro atoms. The number of hydrogen-bond acceptors (Lipinski definition) is 4. The zero-order chi connectivity index (χ0) is 25.0. The molecule has 0 saturated heterocycles. The number of para-hydroxylation sites is 1. The van der Waals surface area contributed by atoms with Crippen LogP contribution in [0.4, 0.5) is 13.2 Å². The Balaban J connectivity index is 1.64. The van der Waals surface area contributed by atoms with Gasteiger partial charge in [-0.05, 0) is 59.8 Å². The Morgan fingerprint density at radius 3 is 2.23 bits per heavy atom. The van der Waals surface area contributed by atoms with E-state index in [1.54, 1.807) is 19.2 Å². The van der Waals surface area contributed by atoms with Crippen molar-refractivity contribution >= 4 is 10.9 Å². The number of aromatic amines is 1. The molecule has 0 aliphatic rings. The van der Waals surface area contributed by atoms with Gasteiger partial charge in [0.1, 0.15) is 11.5 Å². The lowest BCUT2D eigenvalue weighted by atomic mass is 10.0. The van der Waals surface area contributed by atoms with Gasteiger partial charge in [-0.3, -0.25) is 9.69 Å². The van der Waals surface area contributed by atoms with E-state index in [9.17, 15) is 18.0 Å². The van der Waals surface area contributed by atoms with Crippen LogP contribution in [0.3, 0.4) is 0 Å². The summed E-state index contributed by atoms with van der Waals surface area (Å²) >= 11 is 0. The van der Waals surface area contributed by atoms with Crippen LogP contribution < -0.4 is 15.0 Å². The van der Waals surface area contributed by atoms with Crippen LogP contribution in [-0.2, 0) is 13.1 Å². The Bertz CT molecular complexity index is 1330. The first-order valence-electron chi connectivity index (χ1n) is 11.1. The van der Waals surface area contributed by atoms with Gasteiger partial charge in [-0.15, -0.1) is 13.2 Å². The number of ether oxygens (including phenoxy) is 2. The van der Waals surface area contributed by atoms with E-state index in [0.717, 1.165) is 27.8 Å². The summed E-state index contributed by atoms with van der Waals surface area (Å²) in [5.41, 5.74) is 2.99. The average Bonchev–Trinajstić information content (AvgIpc) is 2.84. The largest absolute Gasteiger partial charge is 0.573 e. The van der Waals surface area contributed by atoms with E-state index in [0.29, 0.717) is 18.7 Å². The monoisotopic (exact) mass is 482 g/mol. The number of fused-ring (bicyclic) bond motifs is 1. The predicted octanol–water partition coefficient (Wildman–Crippen LogP) is 6.20. The van der Waals surface area contributed by atoms with Crippen molar-refractivity contribution in [2.75, 3.05) is 7.11 Å². The third-order valence-corrected chi connectivity index (χ3v) is 5.89. The van der Waals surface area contributed by atoms with Gasteiger partial charge < -0.3 is 14.5 Å². The molecule has 35 heavy (non-hydrogen) atoms. The van der Waals surface area contributed by atoms with E-state index < -0.39 is 6.36 Å². The van der Waals surface area contributed by atoms with Gasteiger partial charge in [0.05, 0.1) is 7.11 Å². The van der Waals surface area contributed by atoms with Crippen LogP contribution in [0.2, 0.25) is 0 Å². The second-order valence-electron chi connectivity index (χ2n) is 8.26. The second kappa shape index (κ2) is 10.2. The van der Waals surface area contributed by atoms with E-state index in [-0.39, 0.29) is 17.4 Å². The number of hydrogen-bond donors (Lipinski definition) is 1. The summed E-state index contributed by atoms with van der Waals surface area (Å²) in [4.78, 5) is 17.8. The molecule has 1 N–H and O–H groups in total. The zero-order valence-corrected chi connectivity index (χ0v) is 19.3. The molecular formula is C27H25F3N2O3. The van der Waals surface area contributed by atoms with Crippen LogP contribution >= 0.6 is 0 Å². The molecule has 0 saturated carbocycles. The standard InChI is InChI=1S/C27H25F3N2O3/c1-18(20-9-13-23(34-2)14-10-20)32(16-19-7-11-24(12-8-19)35-27(28,29)30)17-22-15-21-5-3-4-6-25(21)31-26(22)33/h3-15,18H,16-17H2,1-2H3,(H,31,33)/t18-/m0/s1. The Kier molecular flexibility index (Phi) is 7.12. The van der Waals surface area contributed by atoms with Crippen molar-refractivity contribution in [1.82, 2.24) is 9.88 Å². The van der Waals surface area contributed by atoms with Crippen molar-refractivity contribution < 1.29 is 22.6 Å². The lowest BCUT2D eigenvalue weighted by Gasteiger charge is -2.30. The van der Waals surface area contributed by atoms with Gasteiger partial charge in [0.25, 0.3) is 5.56 Å². The quantitative estimate of drug-likeness (QED) is 0.325. The maximum atomic E-state index is 12.8. The lowest BCUT2D eigenvalue weighted by molar-refractivity contribution is -0.274. The van der Waals surface area contributed by atoms with Crippen molar-refractivity contribution in [3.05, 3.63) is 106 Å². The summed E-state index contributed by atoms with van der Waals surface area (Å²) < 4.78 is 46.8. The Morgan fingerprint density at radius 1 is 0.914 bits per heavy atom. The molecule has 0 bridgehead atoms. The van der Waals surface area contributed by atoms with Gasteiger partial charge in [0.2, 0.25) is 0 Å². The molecule has 8 heteroatoms. The normalized spacial score (nSPS) is 12.6. The lowest BCUT2D eigenvalue weighted by Crippen LogP contribution is -2.29. The van der Waals surface area contributed by atoms with Crippen LogP contribution in [-0.4, -0.2) is 23.4 Å². The molecule has 5 nitrogen and oxygen atoms in total. The first-order valence-corrected chi connectivity index (χ1v) is 11.1. The second-order valence-corrected chi connectivity index (χ2v) is 8.26. The first-order chi connectivity index (χ1) is 16.7. The van der Waals surface area contributed by atoms with Crippen LogP contribution in [0.5, 0.6) is 11.5 Å². The molecule has 0 aliphatic carbocycles. The van der Waals surface area contributed by atoms with E-state index in [2.05, 4.69) is 14.6 Å². The maximum Gasteiger partial charge on any atom is 0.573 e. The van der Waals surface area contributed by atoms with Gasteiger partial charge >= 0.3 is 6.36 Å². The van der Waals surface area contributed by atoms with E-state index in [1.807, 2.05) is 61.5 Å². The Labute approximate surface area is 200 Å². The first kappa shape index (κ1) is 24.3. The van der Waals surface area contributed by atoms with Crippen molar-refractivity contribution in [2.45, 2.75) is 32.4 Å². The molecule has 182 valence electrons. The molecule has 0 amide bonds. The van der Waals surface area contributed by atoms with Gasteiger partial charge in [-0.2, -0.15) is 0 Å². The topological polar surface area (TPSA) is 54.6 Å². The smallest absolute Gasteiger partial charge is 0.497 e. The number of methoxy groups -OCH3 is 1. The van der Waals surface area contributed by atoms with E-state index >= 15 is 0 Å². The number of nitrogens with zero attached hydrogens (tertiary/aromatic N) is 1. The van der Waals surface area contributed by atoms with E-state index in [1.165, 1.54) is 12.1 Å². The van der Waals surface area contributed by atoms with Crippen molar-refractivity contribution in [3.8, 4) is 11.5 Å². The summed E-state index contributed by atoms with van der Waals surface area (Å²) in [6.07, 6.45) is -4.74. The molecule has 0 radical (unpaired) electrons. The molecule has 0 fully saturated rings. The van der Waals surface area contributed by atoms with Gasteiger partial charge in [-0.25, -0.2) is 0 Å². The minimum atomic E-state index is -4.74. The fourth-order valence-corrected chi connectivity index (χ4v) is 3.98. The number of rotatable bonds is 8. The number of benzene rings is 3. The molecule has 4 aromatic rings. The summed E-state index contributed by atoms with van der Waals surface area (Å²) in [5, 5.41) is 0.924. The number of nitrogens with one attached hydrogen (secondary N) is 1. The van der Waals surface area contributed by atoms with Crippen LogP contribution in [0, 0.1) is 0 Å². The van der Waals surface area contributed by atoms with E-state index in [4.69, 9.17) is 4.74 Å². The average molecular weight is 483 g/mol. The zero-order valence-electron chi connectivity index (χ0n) is 19.3. The van der Waals surface area contributed by atoms with Gasteiger partial charge in [-0.1, -0.05) is 42.5 Å². The van der Waals surface area contributed by atoms with Crippen LogP contribution in [0.25, 0.3) is 10.9 Å². The van der Waals surface area contributed by atoms with Crippen molar-refractivity contribution in [2.24, 2.45) is 0 Å².